The molecular weight excluding hydrogens is 352 g/mol. The van der Waals surface area contributed by atoms with Gasteiger partial charge in [0.15, 0.2) is 0 Å². The number of hydrogen-bond acceptors (Lipinski definition) is 5. The number of aromatic nitrogens is 1. The van der Waals surface area contributed by atoms with Gasteiger partial charge in [-0.1, -0.05) is 30.3 Å². The number of pyridine rings is 1. The lowest BCUT2D eigenvalue weighted by molar-refractivity contribution is -0.0707. The summed E-state index contributed by atoms with van der Waals surface area (Å²) in [5.74, 6) is 0.614. The maximum absolute atomic E-state index is 13.5. The number of benzene rings is 1. The van der Waals surface area contributed by atoms with Crippen LogP contribution in [0.5, 0.6) is 0 Å². The van der Waals surface area contributed by atoms with Crippen molar-refractivity contribution in [2.45, 2.75) is 25.0 Å². The Morgan fingerprint density at radius 2 is 1.93 bits per heavy atom. The molecule has 0 bridgehead atoms. The molecule has 2 aliphatic heterocycles. The van der Waals surface area contributed by atoms with Gasteiger partial charge in [-0.2, -0.15) is 0 Å². The zero-order valence-electron chi connectivity index (χ0n) is 16.4. The second-order valence-corrected chi connectivity index (χ2v) is 7.42. The highest BCUT2D eigenvalue weighted by molar-refractivity contribution is 5.99. The second-order valence-electron chi connectivity index (χ2n) is 7.42. The number of carbonyl (C=O) groups is 1. The summed E-state index contributed by atoms with van der Waals surface area (Å²) in [5.41, 5.74) is 1.72. The SMILES string of the molecule is CNc1ncccc1C(=O)N1CCO[C@@H](CN2CCCC2)[C@@H]1c1ccccc1. The minimum absolute atomic E-state index is 0.000949. The van der Waals surface area contributed by atoms with Gasteiger partial charge in [0.1, 0.15) is 5.82 Å². The molecule has 0 radical (unpaired) electrons. The summed E-state index contributed by atoms with van der Waals surface area (Å²) in [4.78, 5) is 22.3. The monoisotopic (exact) mass is 380 g/mol. The van der Waals surface area contributed by atoms with Gasteiger partial charge >= 0.3 is 0 Å². The fraction of sp³-hybridized carbons (Fsp3) is 0.455. The first-order valence-electron chi connectivity index (χ1n) is 10.1. The van der Waals surface area contributed by atoms with Crippen LogP contribution in [-0.2, 0) is 4.74 Å². The molecule has 4 rings (SSSR count). The molecule has 6 heteroatoms. The lowest BCUT2D eigenvalue weighted by Crippen LogP contribution is -2.51. The van der Waals surface area contributed by atoms with Crippen LogP contribution in [0, 0.1) is 0 Å². The maximum Gasteiger partial charge on any atom is 0.258 e. The van der Waals surface area contributed by atoms with Crippen molar-refractivity contribution < 1.29 is 9.53 Å². The fourth-order valence-electron chi connectivity index (χ4n) is 4.31. The van der Waals surface area contributed by atoms with Gasteiger partial charge in [-0.3, -0.25) is 4.79 Å². The first kappa shape index (κ1) is 18.9. The van der Waals surface area contributed by atoms with Crippen molar-refractivity contribution in [3.8, 4) is 0 Å². The van der Waals surface area contributed by atoms with Crippen molar-refractivity contribution in [1.29, 1.82) is 0 Å². The third-order valence-corrected chi connectivity index (χ3v) is 5.67. The van der Waals surface area contributed by atoms with E-state index in [1.54, 1.807) is 13.2 Å². The van der Waals surface area contributed by atoms with E-state index in [4.69, 9.17) is 4.74 Å². The van der Waals surface area contributed by atoms with Gasteiger partial charge in [0.2, 0.25) is 0 Å². The van der Waals surface area contributed by atoms with E-state index >= 15 is 0 Å². The largest absolute Gasteiger partial charge is 0.373 e. The lowest BCUT2D eigenvalue weighted by atomic mass is 9.96. The van der Waals surface area contributed by atoms with Crippen LogP contribution < -0.4 is 5.32 Å². The van der Waals surface area contributed by atoms with E-state index in [1.807, 2.05) is 35.2 Å². The Kier molecular flexibility index (Phi) is 5.88. The van der Waals surface area contributed by atoms with Crippen LogP contribution in [-0.4, -0.2) is 66.6 Å². The number of amides is 1. The molecule has 1 amide bonds. The molecule has 0 aliphatic carbocycles. The van der Waals surface area contributed by atoms with E-state index in [0.717, 1.165) is 25.2 Å². The highest BCUT2D eigenvalue weighted by atomic mass is 16.5. The lowest BCUT2D eigenvalue weighted by Gasteiger charge is -2.43. The molecule has 28 heavy (non-hydrogen) atoms. The Bertz CT molecular complexity index is 792. The van der Waals surface area contributed by atoms with Crippen LogP contribution in [0.2, 0.25) is 0 Å². The van der Waals surface area contributed by atoms with Crippen molar-refractivity contribution >= 4 is 11.7 Å². The molecule has 0 unspecified atom stereocenters. The molecule has 2 aliphatic rings. The number of nitrogens with zero attached hydrogens (tertiary/aromatic N) is 3. The number of anilines is 1. The average Bonchev–Trinajstić information content (AvgIpc) is 3.27. The van der Waals surface area contributed by atoms with Gasteiger partial charge in [-0.05, 0) is 43.6 Å². The molecule has 1 N–H and O–H groups in total. The Labute approximate surface area is 166 Å². The summed E-state index contributed by atoms with van der Waals surface area (Å²) in [6.45, 7) is 4.22. The van der Waals surface area contributed by atoms with E-state index < -0.39 is 0 Å². The van der Waals surface area contributed by atoms with Crippen LogP contribution in [0.25, 0.3) is 0 Å². The van der Waals surface area contributed by atoms with E-state index in [0.29, 0.717) is 24.5 Å². The summed E-state index contributed by atoms with van der Waals surface area (Å²) < 4.78 is 6.21. The van der Waals surface area contributed by atoms with E-state index in [2.05, 4.69) is 27.3 Å². The molecule has 2 atom stereocenters. The van der Waals surface area contributed by atoms with Crippen molar-refractivity contribution in [3.05, 3.63) is 59.8 Å². The molecule has 148 valence electrons. The van der Waals surface area contributed by atoms with Gasteiger partial charge in [0.25, 0.3) is 5.91 Å². The van der Waals surface area contributed by atoms with Crippen LogP contribution >= 0.6 is 0 Å². The Balaban J connectivity index is 1.66. The molecular formula is C22H28N4O2. The Hall–Kier alpha value is -2.44. The molecule has 0 spiro atoms. The average molecular weight is 380 g/mol. The predicted molar refractivity (Wildman–Crippen MR) is 109 cm³/mol. The summed E-state index contributed by atoms with van der Waals surface area (Å²) in [7, 11) is 1.79. The molecule has 3 heterocycles. The summed E-state index contributed by atoms with van der Waals surface area (Å²) in [6, 6.07) is 13.8. The standard InChI is InChI=1S/C22H28N4O2/c1-23-21-18(10-7-11-24-21)22(27)26-14-15-28-19(16-25-12-5-6-13-25)20(26)17-8-3-2-4-9-17/h2-4,7-11,19-20H,5-6,12-16H2,1H3,(H,23,24)/t19-,20-/m0/s1. The molecule has 2 fully saturated rings. The number of morpholine rings is 1. The number of ether oxygens (including phenoxy) is 1. The van der Waals surface area contributed by atoms with Gasteiger partial charge in [-0.25, -0.2) is 4.98 Å². The molecule has 0 saturated carbocycles. The van der Waals surface area contributed by atoms with Crippen LogP contribution in [0.4, 0.5) is 5.82 Å². The van der Waals surface area contributed by atoms with Crippen LogP contribution in [0.1, 0.15) is 34.8 Å². The smallest absolute Gasteiger partial charge is 0.258 e. The quantitative estimate of drug-likeness (QED) is 0.864. The minimum atomic E-state index is -0.104. The van der Waals surface area contributed by atoms with Crippen molar-refractivity contribution in [2.24, 2.45) is 0 Å². The van der Waals surface area contributed by atoms with E-state index in [1.165, 1.54) is 12.8 Å². The zero-order valence-corrected chi connectivity index (χ0v) is 16.4. The van der Waals surface area contributed by atoms with Gasteiger partial charge in [0.05, 0.1) is 24.3 Å². The summed E-state index contributed by atoms with van der Waals surface area (Å²) in [5, 5.41) is 3.04. The zero-order chi connectivity index (χ0) is 19.3. The van der Waals surface area contributed by atoms with Crippen LogP contribution in [0.3, 0.4) is 0 Å². The minimum Gasteiger partial charge on any atom is -0.373 e. The Morgan fingerprint density at radius 1 is 1.14 bits per heavy atom. The highest BCUT2D eigenvalue weighted by Crippen LogP contribution is 2.32. The fourth-order valence-corrected chi connectivity index (χ4v) is 4.31. The van der Waals surface area contributed by atoms with E-state index in [-0.39, 0.29) is 18.1 Å². The van der Waals surface area contributed by atoms with E-state index in [9.17, 15) is 4.79 Å². The number of hydrogen-bond donors (Lipinski definition) is 1. The second kappa shape index (κ2) is 8.71. The number of rotatable bonds is 5. The molecule has 1 aromatic carbocycles. The van der Waals surface area contributed by atoms with Gasteiger partial charge in [0, 0.05) is 26.3 Å². The van der Waals surface area contributed by atoms with Crippen molar-refractivity contribution in [1.82, 2.24) is 14.8 Å². The number of nitrogens with one attached hydrogen (secondary N) is 1. The predicted octanol–water partition coefficient (Wildman–Crippen LogP) is 2.80. The van der Waals surface area contributed by atoms with Crippen LogP contribution in [0.15, 0.2) is 48.7 Å². The first-order chi connectivity index (χ1) is 13.8. The molecule has 1 aromatic heterocycles. The summed E-state index contributed by atoms with van der Waals surface area (Å²) >= 11 is 0. The third-order valence-electron chi connectivity index (χ3n) is 5.67. The van der Waals surface area contributed by atoms with Gasteiger partial charge < -0.3 is 19.9 Å². The van der Waals surface area contributed by atoms with Gasteiger partial charge in [-0.15, -0.1) is 0 Å². The Morgan fingerprint density at radius 3 is 2.68 bits per heavy atom. The van der Waals surface area contributed by atoms with Crippen molar-refractivity contribution in [3.63, 3.8) is 0 Å². The summed E-state index contributed by atoms with van der Waals surface area (Å²) in [6.07, 6.45) is 4.15. The molecule has 2 aromatic rings. The normalized spacial score (nSPS) is 23.0. The number of likely N-dealkylation sites (tertiary alicyclic amines) is 1. The number of carbonyl (C=O) groups excluding carboxylic acids is 1. The molecule has 2 saturated heterocycles. The highest BCUT2D eigenvalue weighted by Gasteiger charge is 2.38. The third kappa shape index (κ3) is 3.88. The topological polar surface area (TPSA) is 57.7 Å². The maximum atomic E-state index is 13.5. The first-order valence-corrected chi connectivity index (χ1v) is 10.1. The van der Waals surface area contributed by atoms with Crippen molar-refractivity contribution in [2.75, 3.05) is 45.2 Å². The molecule has 6 nitrogen and oxygen atoms in total.